The summed E-state index contributed by atoms with van der Waals surface area (Å²) in [6.07, 6.45) is 5.20. The standard InChI is InChI=1S/C16H26N2/c1-3-18(16(13-17)10-6-7-11-16)12-15-9-5-4-8-14(15)2/h4-5,8-9H,3,6-7,10-13,17H2,1-2H3. The molecule has 1 aliphatic carbocycles. The number of hydrogen-bond acceptors (Lipinski definition) is 2. The first-order valence-electron chi connectivity index (χ1n) is 7.21. The molecule has 1 aromatic carbocycles. The maximum Gasteiger partial charge on any atom is 0.0335 e. The highest BCUT2D eigenvalue weighted by Gasteiger charge is 2.37. The number of likely N-dealkylation sites (N-methyl/N-ethyl adjacent to an activating group) is 1. The predicted octanol–water partition coefficient (Wildman–Crippen LogP) is 3.09. The molecule has 0 aliphatic heterocycles. The van der Waals surface area contributed by atoms with Crippen LogP contribution >= 0.6 is 0 Å². The molecule has 0 spiro atoms. The van der Waals surface area contributed by atoms with E-state index in [1.54, 1.807) is 0 Å². The summed E-state index contributed by atoms with van der Waals surface area (Å²) in [5.41, 5.74) is 9.19. The van der Waals surface area contributed by atoms with Gasteiger partial charge in [0.25, 0.3) is 0 Å². The molecule has 1 fully saturated rings. The lowest BCUT2D eigenvalue weighted by molar-refractivity contribution is 0.0969. The Kier molecular flexibility index (Phi) is 4.41. The van der Waals surface area contributed by atoms with Crippen LogP contribution in [0.1, 0.15) is 43.7 Å². The molecule has 0 radical (unpaired) electrons. The monoisotopic (exact) mass is 246 g/mol. The maximum absolute atomic E-state index is 6.10. The lowest BCUT2D eigenvalue weighted by Gasteiger charge is -2.40. The Morgan fingerprint density at radius 1 is 1.22 bits per heavy atom. The number of rotatable bonds is 5. The summed E-state index contributed by atoms with van der Waals surface area (Å²) in [4.78, 5) is 2.60. The Bertz CT molecular complexity index is 380. The number of hydrogen-bond donors (Lipinski definition) is 1. The Balaban J connectivity index is 2.16. The van der Waals surface area contributed by atoms with Crippen LogP contribution in [0.5, 0.6) is 0 Å². The molecule has 100 valence electrons. The van der Waals surface area contributed by atoms with E-state index in [0.29, 0.717) is 0 Å². The largest absolute Gasteiger partial charge is 0.329 e. The fourth-order valence-electron chi connectivity index (χ4n) is 3.29. The second kappa shape index (κ2) is 5.85. The first-order valence-corrected chi connectivity index (χ1v) is 7.21. The van der Waals surface area contributed by atoms with Gasteiger partial charge in [0.15, 0.2) is 0 Å². The van der Waals surface area contributed by atoms with Crippen LogP contribution in [0.25, 0.3) is 0 Å². The van der Waals surface area contributed by atoms with Crippen LogP contribution in [0.15, 0.2) is 24.3 Å². The minimum absolute atomic E-state index is 0.261. The summed E-state index contributed by atoms with van der Waals surface area (Å²) in [7, 11) is 0. The zero-order valence-electron chi connectivity index (χ0n) is 11.8. The molecule has 0 saturated heterocycles. The molecule has 2 nitrogen and oxygen atoms in total. The normalized spacial score (nSPS) is 18.4. The molecule has 18 heavy (non-hydrogen) atoms. The summed E-state index contributed by atoms with van der Waals surface area (Å²) >= 11 is 0. The third-order valence-electron chi connectivity index (χ3n) is 4.59. The Labute approximate surface area is 111 Å². The number of nitrogens with zero attached hydrogens (tertiary/aromatic N) is 1. The first kappa shape index (κ1) is 13.6. The molecular weight excluding hydrogens is 220 g/mol. The second-order valence-electron chi connectivity index (χ2n) is 5.58. The van der Waals surface area contributed by atoms with Gasteiger partial charge in [0, 0.05) is 18.6 Å². The van der Waals surface area contributed by atoms with E-state index in [1.807, 2.05) is 0 Å². The van der Waals surface area contributed by atoms with Crippen molar-refractivity contribution in [3.05, 3.63) is 35.4 Å². The predicted molar refractivity (Wildman–Crippen MR) is 77.5 cm³/mol. The van der Waals surface area contributed by atoms with Crippen molar-refractivity contribution in [2.45, 2.75) is 51.6 Å². The van der Waals surface area contributed by atoms with Gasteiger partial charge in [-0.3, -0.25) is 4.90 Å². The number of benzene rings is 1. The van der Waals surface area contributed by atoms with Crippen LogP contribution in [0.4, 0.5) is 0 Å². The van der Waals surface area contributed by atoms with Gasteiger partial charge in [-0.25, -0.2) is 0 Å². The SMILES string of the molecule is CCN(Cc1ccccc1C)C1(CN)CCCC1. The second-order valence-corrected chi connectivity index (χ2v) is 5.58. The molecule has 0 bridgehead atoms. The molecular formula is C16H26N2. The van der Waals surface area contributed by atoms with Crippen molar-refractivity contribution in [3.8, 4) is 0 Å². The zero-order valence-corrected chi connectivity index (χ0v) is 11.8. The fourth-order valence-corrected chi connectivity index (χ4v) is 3.29. The van der Waals surface area contributed by atoms with E-state index in [4.69, 9.17) is 5.73 Å². The van der Waals surface area contributed by atoms with Gasteiger partial charge >= 0.3 is 0 Å². The van der Waals surface area contributed by atoms with Crippen LogP contribution in [-0.2, 0) is 6.54 Å². The van der Waals surface area contributed by atoms with Gasteiger partial charge in [-0.15, -0.1) is 0 Å². The van der Waals surface area contributed by atoms with Crippen molar-refractivity contribution < 1.29 is 0 Å². The van der Waals surface area contributed by atoms with E-state index < -0.39 is 0 Å². The molecule has 2 heteroatoms. The van der Waals surface area contributed by atoms with Crippen LogP contribution in [0, 0.1) is 6.92 Å². The van der Waals surface area contributed by atoms with E-state index in [-0.39, 0.29) is 5.54 Å². The van der Waals surface area contributed by atoms with E-state index >= 15 is 0 Å². The minimum Gasteiger partial charge on any atom is -0.329 e. The lowest BCUT2D eigenvalue weighted by atomic mass is 9.94. The van der Waals surface area contributed by atoms with Crippen molar-refractivity contribution in [1.29, 1.82) is 0 Å². The molecule has 0 atom stereocenters. The quantitative estimate of drug-likeness (QED) is 0.865. The van der Waals surface area contributed by atoms with Gasteiger partial charge in [-0.2, -0.15) is 0 Å². The topological polar surface area (TPSA) is 29.3 Å². The van der Waals surface area contributed by atoms with Crippen molar-refractivity contribution in [3.63, 3.8) is 0 Å². The molecule has 1 saturated carbocycles. The van der Waals surface area contributed by atoms with Gasteiger partial charge in [0.1, 0.15) is 0 Å². The maximum atomic E-state index is 6.10. The van der Waals surface area contributed by atoms with Crippen molar-refractivity contribution in [1.82, 2.24) is 4.90 Å². The Hall–Kier alpha value is -0.860. The van der Waals surface area contributed by atoms with E-state index in [9.17, 15) is 0 Å². The van der Waals surface area contributed by atoms with E-state index in [0.717, 1.165) is 19.6 Å². The zero-order chi connectivity index (χ0) is 13.0. The van der Waals surface area contributed by atoms with Crippen LogP contribution < -0.4 is 5.73 Å². The summed E-state index contributed by atoms with van der Waals surface area (Å²) in [6, 6.07) is 8.70. The van der Waals surface area contributed by atoms with E-state index in [1.165, 1.54) is 36.8 Å². The molecule has 2 rings (SSSR count). The highest BCUT2D eigenvalue weighted by Crippen LogP contribution is 2.35. The molecule has 0 unspecified atom stereocenters. The molecule has 0 heterocycles. The highest BCUT2D eigenvalue weighted by atomic mass is 15.2. The minimum atomic E-state index is 0.261. The van der Waals surface area contributed by atoms with Gasteiger partial charge in [0.2, 0.25) is 0 Å². The average Bonchev–Trinajstić information content (AvgIpc) is 2.88. The summed E-state index contributed by atoms with van der Waals surface area (Å²) in [6.45, 7) is 7.39. The van der Waals surface area contributed by atoms with Gasteiger partial charge < -0.3 is 5.73 Å². The van der Waals surface area contributed by atoms with Crippen LogP contribution in [0.2, 0.25) is 0 Å². The molecule has 0 amide bonds. The van der Waals surface area contributed by atoms with E-state index in [2.05, 4.69) is 43.0 Å². The van der Waals surface area contributed by atoms with Crippen molar-refractivity contribution in [2.24, 2.45) is 5.73 Å². The van der Waals surface area contributed by atoms with Gasteiger partial charge in [-0.05, 0) is 37.4 Å². The molecule has 1 aromatic rings. The fraction of sp³-hybridized carbons (Fsp3) is 0.625. The first-order chi connectivity index (χ1) is 8.72. The van der Waals surface area contributed by atoms with Crippen LogP contribution in [0.3, 0.4) is 0 Å². The highest BCUT2D eigenvalue weighted by molar-refractivity contribution is 5.25. The number of nitrogens with two attached hydrogens (primary N) is 1. The van der Waals surface area contributed by atoms with Crippen LogP contribution in [-0.4, -0.2) is 23.5 Å². The average molecular weight is 246 g/mol. The van der Waals surface area contributed by atoms with Crippen molar-refractivity contribution >= 4 is 0 Å². The summed E-state index contributed by atoms with van der Waals surface area (Å²) < 4.78 is 0. The van der Waals surface area contributed by atoms with Gasteiger partial charge in [0.05, 0.1) is 0 Å². The Morgan fingerprint density at radius 2 is 1.89 bits per heavy atom. The lowest BCUT2D eigenvalue weighted by Crippen LogP contribution is -2.51. The molecule has 2 N–H and O–H groups in total. The van der Waals surface area contributed by atoms with Crippen molar-refractivity contribution in [2.75, 3.05) is 13.1 Å². The summed E-state index contributed by atoms with van der Waals surface area (Å²) in [5, 5.41) is 0. The third-order valence-corrected chi connectivity index (χ3v) is 4.59. The molecule has 0 aromatic heterocycles. The number of aryl methyl sites for hydroxylation is 1. The Morgan fingerprint density at radius 3 is 2.44 bits per heavy atom. The van der Waals surface area contributed by atoms with Gasteiger partial charge in [-0.1, -0.05) is 44.0 Å². The summed E-state index contributed by atoms with van der Waals surface area (Å²) in [5.74, 6) is 0. The molecule has 1 aliphatic rings. The third kappa shape index (κ3) is 2.60. The smallest absolute Gasteiger partial charge is 0.0335 e.